The summed E-state index contributed by atoms with van der Waals surface area (Å²) >= 11 is 0. The molecule has 108 valence electrons. The number of rotatable bonds is 3. The summed E-state index contributed by atoms with van der Waals surface area (Å²) in [5, 5.41) is 2.91. The molecule has 4 nitrogen and oxygen atoms in total. The van der Waals surface area contributed by atoms with Crippen LogP contribution in [-0.2, 0) is 4.79 Å². The van der Waals surface area contributed by atoms with E-state index in [1.165, 1.54) is 0 Å². The highest BCUT2D eigenvalue weighted by Gasteiger charge is 2.30. The second kappa shape index (κ2) is 5.48. The van der Waals surface area contributed by atoms with Gasteiger partial charge in [-0.1, -0.05) is 36.4 Å². The Morgan fingerprint density at radius 1 is 1.05 bits per heavy atom. The minimum Gasteiger partial charge on any atom is -0.493 e. The summed E-state index contributed by atoms with van der Waals surface area (Å²) in [5.74, 6) is 1.21. The van der Waals surface area contributed by atoms with Gasteiger partial charge in [0, 0.05) is 12.3 Å². The summed E-state index contributed by atoms with van der Waals surface area (Å²) in [5.41, 5.74) is 2.89. The van der Waals surface area contributed by atoms with Crippen LogP contribution in [0.25, 0.3) is 0 Å². The van der Waals surface area contributed by atoms with Gasteiger partial charge in [-0.2, -0.15) is 0 Å². The van der Waals surface area contributed by atoms with E-state index in [2.05, 4.69) is 5.32 Å². The van der Waals surface area contributed by atoms with Gasteiger partial charge in [0.2, 0.25) is 5.91 Å². The highest BCUT2D eigenvalue weighted by molar-refractivity contribution is 5.97. The number of carbonyl (C=O) groups is 1. The number of anilines is 1. The van der Waals surface area contributed by atoms with Gasteiger partial charge in [-0.15, -0.1) is 0 Å². The average Bonchev–Trinajstić information content (AvgIpc) is 2.53. The topological polar surface area (TPSA) is 47.6 Å². The fourth-order valence-electron chi connectivity index (χ4n) is 2.83. The standard InChI is InChI=1S/C17H17NO3/c1-20-14-9-8-12-13(11-6-4-3-5-7-11)10-15(19)18-16(12)17(14)21-2/h3-9,13H,10H2,1-2H3,(H,18,19)/t13-/m0/s1. The molecule has 3 rings (SSSR count). The molecule has 0 spiro atoms. The molecule has 1 heterocycles. The minimum absolute atomic E-state index is 0.0112. The molecule has 1 aliphatic rings. The van der Waals surface area contributed by atoms with Crippen LogP contribution in [-0.4, -0.2) is 20.1 Å². The Hall–Kier alpha value is -2.49. The zero-order chi connectivity index (χ0) is 14.8. The number of methoxy groups -OCH3 is 2. The van der Waals surface area contributed by atoms with E-state index in [0.717, 1.165) is 11.1 Å². The highest BCUT2D eigenvalue weighted by atomic mass is 16.5. The molecule has 0 unspecified atom stereocenters. The lowest BCUT2D eigenvalue weighted by atomic mass is 9.84. The first-order chi connectivity index (χ1) is 10.2. The summed E-state index contributed by atoms with van der Waals surface area (Å²) in [7, 11) is 3.17. The molecule has 0 saturated carbocycles. The number of amides is 1. The highest BCUT2D eigenvalue weighted by Crippen LogP contribution is 2.45. The van der Waals surface area contributed by atoms with Crippen LogP contribution in [0, 0.1) is 0 Å². The Balaban J connectivity index is 2.16. The summed E-state index contributed by atoms with van der Waals surface area (Å²) in [4.78, 5) is 12.1. The maximum atomic E-state index is 12.1. The molecule has 0 radical (unpaired) electrons. The fourth-order valence-corrected chi connectivity index (χ4v) is 2.83. The van der Waals surface area contributed by atoms with Crippen LogP contribution in [0.5, 0.6) is 11.5 Å². The summed E-state index contributed by atoms with van der Waals surface area (Å²) < 4.78 is 10.7. The maximum absolute atomic E-state index is 12.1. The van der Waals surface area contributed by atoms with Gasteiger partial charge in [-0.25, -0.2) is 0 Å². The van der Waals surface area contributed by atoms with Gasteiger partial charge in [0.15, 0.2) is 11.5 Å². The first-order valence-electron chi connectivity index (χ1n) is 6.84. The number of carbonyl (C=O) groups excluding carboxylic acids is 1. The Morgan fingerprint density at radius 2 is 1.81 bits per heavy atom. The molecule has 0 aromatic heterocycles. The van der Waals surface area contributed by atoms with Gasteiger partial charge in [0.25, 0.3) is 0 Å². The predicted molar refractivity (Wildman–Crippen MR) is 81.1 cm³/mol. The summed E-state index contributed by atoms with van der Waals surface area (Å²) in [6.45, 7) is 0. The third-order valence-electron chi connectivity index (χ3n) is 3.81. The summed E-state index contributed by atoms with van der Waals surface area (Å²) in [6.07, 6.45) is 0.437. The molecule has 1 aliphatic heterocycles. The normalized spacial score (nSPS) is 16.9. The number of hydrogen-bond donors (Lipinski definition) is 1. The smallest absolute Gasteiger partial charge is 0.225 e. The number of fused-ring (bicyclic) bond motifs is 1. The van der Waals surface area contributed by atoms with Crippen LogP contribution < -0.4 is 14.8 Å². The molecule has 1 amide bonds. The van der Waals surface area contributed by atoms with Crippen molar-refractivity contribution in [3.63, 3.8) is 0 Å². The molecule has 21 heavy (non-hydrogen) atoms. The van der Waals surface area contributed by atoms with Gasteiger partial charge in [-0.3, -0.25) is 4.79 Å². The third kappa shape index (κ3) is 2.33. The second-order valence-corrected chi connectivity index (χ2v) is 4.98. The van der Waals surface area contributed by atoms with Crippen molar-refractivity contribution in [3.8, 4) is 11.5 Å². The number of nitrogens with one attached hydrogen (secondary N) is 1. The van der Waals surface area contributed by atoms with Crippen molar-refractivity contribution in [1.29, 1.82) is 0 Å². The van der Waals surface area contributed by atoms with Crippen molar-refractivity contribution in [2.75, 3.05) is 19.5 Å². The Kier molecular flexibility index (Phi) is 3.52. The van der Waals surface area contributed by atoms with E-state index >= 15 is 0 Å². The van der Waals surface area contributed by atoms with Gasteiger partial charge in [0.05, 0.1) is 19.9 Å². The maximum Gasteiger partial charge on any atom is 0.225 e. The lowest BCUT2D eigenvalue weighted by molar-refractivity contribution is -0.116. The van der Waals surface area contributed by atoms with E-state index in [9.17, 15) is 4.79 Å². The zero-order valence-electron chi connectivity index (χ0n) is 12.1. The molecular weight excluding hydrogens is 266 g/mol. The monoisotopic (exact) mass is 283 g/mol. The molecule has 0 aliphatic carbocycles. The molecule has 2 aromatic carbocycles. The second-order valence-electron chi connectivity index (χ2n) is 4.98. The first kappa shape index (κ1) is 13.5. The van der Waals surface area contributed by atoms with Crippen LogP contribution >= 0.6 is 0 Å². The van der Waals surface area contributed by atoms with Crippen molar-refractivity contribution in [2.24, 2.45) is 0 Å². The molecule has 2 aromatic rings. The van der Waals surface area contributed by atoms with Crippen LogP contribution in [0.2, 0.25) is 0 Å². The third-order valence-corrected chi connectivity index (χ3v) is 3.81. The molecule has 0 fully saturated rings. The molecule has 1 N–H and O–H groups in total. The van der Waals surface area contributed by atoms with Crippen LogP contribution in [0.1, 0.15) is 23.5 Å². The fraction of sp³-hybridized carbons (Fsp3) is 0.235. The van der Waals surface area contributed by atoms with E-state index in [1.54, 1.807) is 14.2 Å². The SMILES string of the molecule is COc1ccc2c(c1OC)NC(=O)C[C@H]2c1ccccc1. The van der Waals surface area contributed by atoms with E-state index in [1.807, 2.05) is 42.5 Å². The minimum atomic E-state index is -0.0112. The number of ether oxygens (including phenoxy) is 2. The van der Waals surface area contributed by atoms with E-state index in [-0.39, 0.29) is 11.8 Å². The predicted octanol–water partition coefficient (Wildman–Crippen LogP) is 3.18. The van der Waals surface area contributed by atoms with E-state index in [4.69, 9.17) is 9.47 Å². The van der Waals surface area contributed by atoms with E-state index < -0.39 is 0 Å². The number of hydrogen-bond acceptors (Lipinski definition) is 3. The van der Waals surface area contributed by atoms with Crippen molar-refractivity contribution in [2.45, 2.75) is 12.3 Å². The van der Waals surface area contributed by atoms with Gasteiger partial charge in [0.1, 0.15) is 0 Å². The lowest BCUT2D eigenvalue weighted by Crippen LogP contribution is -2.24. The molecule has 4 heteroatoms. The molecule has 1 atom stereocenters. The van der Waals surface area contributed by atoms with Crippen LogP contribution in [0.4, 0.5) is 5.69 Å². The van der Waals surface area contributed by atoms with Gasteiger partial charge >= 0.3 is 0 Å². The van der Waals surface area contributed by atoms with Gasteiger partial charge < -0.3 is 14.8 Å². The largest absolute Gasteiger partial charge is 0.493 e. The van der Waals surface area contributed by atoms with Crippen LogP contribution in [0.3, 0.4) is 0 Å². The quantitative estimate of drug-likeness (QED) is 0.941. The van der Waals surface area contributed by atoms with Gasteiger partial charge in [-0.05, 0) is 17.2 Å². The van der Waals surface area contributed by atoms with E-state index in [0.29, 0.717) is 23.6 Å². The lowest BCUT2D eigenvalue weighted by Gasteiger charge is -2.28. The van der Waals surface area contributed by atoms with Crippen molar-refractivity contribution < 1.29 is 14.3 Å². The molecule has 0 saturated heterocycles. The Labute approximate surface area is 123 Å². The van der Waals surface area contributed by atoms with Crippen molar-refractivity contribution >= 4 is 11.6 Å². The number of benzene rings is 2. The molecule has 0 bridgehead atoms. The average molecular weight is 283 g/mol. The summed E-state index contributed by atoms with van der Waals surface area (Å²) in [6, 6.07) is 13.9. The Bertz CT molecular complexity index is 667. The zero-order valence-corrected chi connectivity index (χ0v) is 12.1. The van der Waals surface area contributed by atoms with Crippen molar-refractivity contribution in [3.05, 3.63) is 53.6 Å². The first-order valence-corrected chi connectivity index (χ1v) is 6.84. The molecular formula is C17H17NO3. The van der Waals surface area contributed by atoms with Crippen molar-refractivity contribution in [1.82, 2.24) is 0 Å². The van der Waals surface area contributed by atoms with Crippen LogP contribution in [0.15, 0.2) is 42.5 Å². The Morgan fingerprint density at radius 3 is 2.48 bits per heavy atom.